The van der Waals surface area contributed by atoms with Crippen LogP contribution in [0.3, 0.4) is 0 Å². The van der Waals surface area contributed by atoms with Crippen molar-refractivity contribution in [2.24, 2.45) is 0 Å². The van der Waals surface area contributed by atoms with E-state index >= 15 is 0 Å². The molecule has 0 bridgehead atoms. The summed E-state index contributed by atoms with van der Waals surface area (Å²) in [5.41, 5.74) is -0.664. The summed E-state index contributed by atoms with van der Waals surface area (Å²) < 4.78 is 15.0. The van der Waals surface area contributed by atoms with Gasteiger partial charge in [0.15, 0.2) is 6.61 Å². The topological polar surface area (TPSA) is 105 Å². The van der Waals surface area contributed by atoms with Crippen LogP contribution >= 0.6 is 0 Å². The van der Waals surface area contributed by atoms with Gasteiger partial charge in [-0.05, 0) is 32.9 Å². The maximum atomic E-state index is 11.6. The predicted molar refractivity (Wildman–Crippen MR) is 79.9 cm³/mol. The molecule has 1 rings (SSSR count). The van der Waals surface area contributed by atoms with Crippen molar-refractivity contribution in [3.05, 3.63) is 33.9 Å². The van der Waals surface area contributed by atoms with Gasteiger partial charge in [-0.25, -0.2) is 4.79 Å². The number of nitro groups is 1. The summed E-state index contributed by atoms with van der Waals surface area (Å²) in [7, 11) is 0. The van der Waals surface area contributed by atoms with Gasteiger partial charge in [-0.2, -0.15) is 0 Å². The molecule has 0 aliphatic carbocycles. The summed E-state index contributed by atoms with van der Waals surface area (Å²) in [5, 5.41) is 11.1. The Hall–Kier alpha value is -2.64. The zero-order chi connectivity index (χ0) is 17.6. The lowest BCUT2D eigenvalue weighted by molar-refractivity contribution is -0.385. The first kappa shape index (κ1) is 18.4. The molecule has 1 aromatic rings. The van der Waals surface area contributed by atoms with Crippen molar-refractivity contribution >= 4 is 17.6 Å². The molecule has 0 aliphatic heterocycles. The van der Waals surface area contributed by atoms with Crippen LogP contribution in [0.15, 0.2) is 18.2 Å². The SMILES string of the molecule is CC(=O)OCc1ccc(OCC(=O)OC(C)(C)C)cc1[N+](=O)[O-]. The molecule has 0 radical (unpaired) electrons. The minimum Gasteiger partial charge on any atom is -0.482 e. The van der Waals surface area contributed by atoms with Crippen LogP contribution in [0.25, 0.3) is 0 Å². The van der Waals surface area contributed by atoms with Crippen molar-refractivity contribution in [1.29, 1.82) is 0 Å². The lowest BCUT2D eigenvalue weighted by atomic mass is 10.2. The van der Waals surface area contributed by atoms with E-state index in [1.54, 1.807) is 20.8 Å². The van der Waals surface area contributed by atoms with E-state index < -0.39 is 22.5 Å². The Morgan fingerprint density at radius 3 is 2.43 bits per heavy atom. The lowest BCUT2D eigenvalue weighted by Gasteiger charge is -2.19. The van der Waals surface area contributed by atoms with Gasteiger partial charge in [-0.3, -0.25) is 14.9 Å². The number of esters is 2. The Labute approximate surface area is 133 Å². The number of rotatable bonds is 6. The number of benzene rings is 1. The van der Waals surface area contributed by atoms with Gasteiger partial charge >= 0.3 is 11.9 Å². The largest absolute Gasteiger partial charge is 0.482 e. The van der Waals surface area contributed by atoms with Gasteiger partial charge in [-0.1, -0.05) is 0 Å². The first-order chi connectivity index (χ1) is 10.6. The van der Waals surface area contributed by atoms with Crippen LogP contribution < -0.4 is 4.74 Å². The Bertz CT molecular complexity index is 604. The molecule has 8 heteroatoms. The van der Waals surface area contributed by atoms with E-state index in [4.69, 9.17) is 14.2 Å². The first-order valence-electron chi connectivity index (χ1n) is 6.84. The summed E-state index contributed by atoms with van der Waals surface area (Å²) in [6.07, 6.45) is 0. The van der Waals surface area contributed by atoms with Crippen molar-refractivity contribution in [2.75, 3.05) is 6.61 Å². The Balaban J connectivity index is 2.78. The van der Waals surface area contributed by atoms with Crippen molar-refractivity contribution < 1.29 is 28.7 Å². The highest BCUT2D eigenvalue weighted by Gasteiger charge is 2.19. The third-order valence-corrected chi connectivity index (χ3v) is 2.46. The smallest absolute Gasteiger partial charge is 0.344 e. The van der Waals surface area contributed by atoms with Crippen molar-refractivity contribution in [1.82, 2.24) is 0 Å². The molecule has 23 heavy (non-hydrogen) atoms. The quantitative estimate of drug-likeness (QED) is 0.449. The molecule has 0 N–H and O–H groups in total. The average Bonchev–Trinajstić information content (AvgIpc) is 2.41. The maximum Gasteiger partial charge on any atom is 0.344 e. The molecule has 8 nitrogen and oxygen atoms in total. The molecule has 126 valence electrons. The van der Waals surface area contributed by atoms with E-state index in [9.17, 15) is 19.7 Å². The molecule has 0 heterocycles. The molecule has 0 spiro atoms. The molecule has 0 fully saturated rings. The fraction of sp³-hybridized carbons (Fsp3) is 0.467. The van der Waals surface area contributed by atoms with Gasteiger partial charge in [0.1, 0.15) is 18.0 Å². The van der Waals surface area contributed by atoms with Crippen LogP contribution in [0.4, 0.5) is 5.69 Å². The highest BCUT2D eigenvalue weighted by molar-refractivity contribution is 5.71. The zero-order valence-electron chi connectivity index (χ0n) is 13.5. The third kappa shape index (κ3) is 6.77. The van der Waals surface area contributed by atoms with Gasteiger partial charge in [0.2, 0.25) is 0 Å². The summed E-state index contributed by atoms with van der Waals surface area (Å²) >= 11 is 0. The van der Waals surface area contributed by atoms with E-state index in [2.05, 4.69) is 0 Å². The molecule has 0 aliphatic rings. The standard InChI is InChI=1S/C15H19NO7/c1-10(17)21-8-11-5-6-12(7-13(11)16(19)20)22-9-14(18)23-15(2,3)4/h5-7H,8-9H2,1-4H3. The Kier molecular flexibility index (Phi) is 6.06. The molecule has 0 saturated carbocycles. The summed E-state index contributed by atoms with van der Waals surface area (Å²) in [4.78, 5) is 32.8. The molecule has 0 saturated heterocycles. The number of nitro benzene ring substituents is 1. The molecule has 1 aromatic carbocycles. The van der Waals surface area contributed by atoms with Gasteiger partial charge < -0.3 is 14.2 Å². The normalized spacial score (nSPS) is 10.8. The monoisotopic (exact) mass is 325 g/mol. The van der Waals surface area contributed by atoms with Crippen molar-refractivity contribution in [3.8, 4) is 5.75 Å². The molecule has 0 aromatic heterocycles. The van der Waals surface area contributed by atoms with Crippen LogP contribution in [0.1, 0.15) is 33.3 Å². The Morgan fingerprint density at radius 1 is 1.26 bits per heavy atom. The molecular weight excluding hydrogens is 306 g/mol. The van der Waals surface area contributed by atoms with Gasteiger partial charge in [0, 0.05) is 6.92 Å². The second kappa shape index (κ2) is 7.57. The van der Waals surface area contributed by atoms with Gasteiger partial charge in [0.05, 0.1) is 16.6 Å². The van der Waals surface area contributed by atoms with Crippen LogP contribution in [-0.2, 0) is 25.7 Å². The lowest BCUT2D eigenvalue weighted by Crippen LogP contribution is -2.27. The summed E-state index contributed by atoms with van der Waals surface area (Å²) in [6.45, 7) is 5.80. The highest BCUT2D eigenvalue weighted by atomic mass is 16.6. The predicted octanol–water partition coefficient (Wildman–Crippen LogP) is 2.38. The van der Waals surface area contributed by atoms with Gasteiger partial charge in [0.25, 0.3) is 5.69 Å². The number of hydrogen-bond donors (Lipinski definition) is 0. The Morgan fingerprint density at radius 2 is 1.91 bits per heavy atom. The van der Waals surface area contributed by atoms with Crippen LogP contribution in [0.5, 0.6) is 5.75 Å². The summed E-state index contributed by atoms with van der Waals surface area (Å²) in [6, 6.07) is 4.03. The zero-order valence-corrected chi connectivity index (χ0v) is 13.5. The van der Waals surface area contributed by atoms with Crippen LogP contribution in [0, 0.1) is 10.1 Å². The molecule has 0 unspecified atom stereocenters. The molecule has 0 atom stereocenters. The number of nitrogens with zero attached hydrogens (tertiary/aromatic N) is 1. The number of carbonyl (C=O) groups excluding carboxylic acids is 2. The average molecular weight is 325 g/mol. The minimum absolute atomic E-state index is 0.147. The highest BCUT2D eigenvalue weighted by Crippen LogP contribution is 2.25. The number of carbonyl (C=O) groups is 2. The van der Waals surface area contributed by atoms with E-state index in [1.807, 2.05) is 0 Å². The van der Waals surface area contributed by atoms with Crippen LogP contribution in [0.2, 0.25) is 0 Å². The molecule has 0 amide bonds. The fourth-order valence-electron chi connectivity index (χ4n) is 1.62. The second-order valence-electron chi connectivity index (χ2n) is 5.70. The minimum atomic E-state index is -0.639. The second-order valence-corrected chi connectivity index (χ2v) is 5.70. The van der Waals surface area contributed by atoms with E-state index in [0.717, 1.165) is 0 Å². The maximum absolute atomic E-state index is 11.6. The van der Waals surface area contributed by atoms with Crippen molar-refractivity contribution in [3.63, 3.8) is 0 Å². The fourth-order valence-corrected chi connectivity index (χ4v) is 1.62. The van der Waals surface area contributed by atoms with E-state index in [1.165, 1.54) is 25.1 Å². The first-order valence-corrected chi connectivity index (χ1v) is 6.84. The van der Waals surface area contributed by atoms with E-state index in [0.29, 0.717) is 0 Å². The van der Waals surface area contributed by atoms with Gasteiger partial charge in [-0.15, -0.1) is 0 Å². The summed E-state index contributed by atoms with van der Waals surface area (Å²) in [5.74, 6) is -0.970. The number of ether oxygens (including phenoxy) is 3. The van der Waals surface area contributed by atoms with Crippen LogP contribution in [-0.4, -0.2) is 29.1 Å². The van der Waals surface area contributed by atoms with E-state index in [-0.39, 0.29) is 30.2 Å². The number of hydrogen-bond acceptors (Lipinski definition) is 7. The third-order valence-electron chi connectivity index (χ3n) is 2.46. The molecular formula is C15H19NO7. The van der Waals surface area contributed by atoms with Crippen molar-refractivity contribution in [2.45, 2.75) is 39.9 Å².